The molecule has 3 amide bonds. The van der Waals surface area contributed by atoms with Crippen LogP contribution >= 0.6 is 0 Å². The van der Waals surface area contributed by atoms with Gasteiger partial charge in [-0.05, 0) is 75.9 Å². The highest BCUT2D eigenvalue weighted by molar-refractivity contribution is 5.84. The van der Waals surface area contributed by atoms with E-state index in [9.17, 15) is 19.2 Å². The fraction of sp³-hybridized carbons (Fsp3) is 0.387. The van der Waals surface area contributed by atoms with Gasteiger partial charge in [-0.2, -0.15) is 5.10 Å². The number of hydrogen-bond donors (Lipinski definition) is 3. The Morgan fingerprint density at radius 3 is 2.33 bits per heavy atom. The first kappa shape index (κ1) is 31.9. The van der Waals surface area contributed by atoms with Crippen molar-refractivity contribution in [2.24, 2.45) is 0 Å². The fourth-order valence-corrected chi connectivity index (χ4v) is 3.99. The molecule has 0 aliphatic heterocycles. The number of unbranched alkanes of at least 4 members (excludes halogenated alkanes) is 1. The summed E-state index contributed by atoms with van der Waals surface area (Å²) < 4.78 is 11.5. The van der Waals surface area contributed by atoms with E-state index in [1.807, 2.05) is 51.1 Å². The molecule has 0 radical (unpaired) electrons. The maximum atomic E-state index is 12.6. The number of carbonyl (C=O) groups excluding carboxylic acids is 3. The molecule has 0 spiro atoms. The zero-order valence-corrected chi connectivity index (χ0v) is 24.6. The number of aromatic nitrogens is 2. The molecule has 1 heterocycles. The van der Waals surface area contributed by atoms with Crippen LogP contribution in [0.1, 0.15) is 51.7 Å². The first-order valence-corrected chi connectivity index (χ1v) is 14.0. The largest absolute Gasteiger partial charge is 0.450 e. The molecule has 0 bridgehead atoms. The third-order valence-electron chi connectivity index (χ3n) is 5.83. The third-order valence-corrected chi connectivity index (χ3v) is 5.83. The van der Waals surface area contributed by atoms with Crippen LogP contribution in [0.25, 0.3) is 11.3 Å². The molecule has 224 valence electrons. The summed E-state index contributed by atoms with van der Waals surface area (Å²) in [5.41, 5.74) is 2.72. The number of rotatable bonds is 12. The minimum absolute atomic E-state index is 0.110. The van der Waals surface area contributed by atoms with Crippen LogP contribution in [0.2, 0.25) is 0 Å². The van der Waals surface area contributed by atoms with E-state index >= 15 is 0 Å². The van der Waals surface area contributed by atoms with Crippen LogP contribution in [0.3, 0.4) is 0 Å². The molecular weight excluding hydrogens is 538 g/mol. The molecule has 0 aliphatic carbocycles. The first-order valence-electron chi connectivity index (χ1n) is 14.0. The number of nitrogens with zero attached hydrogens (tertiary/aromatic N) is 2. The summed E-state index contributed by atoms with van der Waals surface area (Å²) in [6.07, 6.45) is 0.628. The molecule has 0 saturated carbocycles. The van der Waals surface area contributed by atoms with Gasteiger partial charge in [0.05, 0.1) is 25.3 Å². The predicted octanol–water partition coefficient (Wildman–Crippen LogP) is 4.49. The van der Waals surface area contributed by atoms with E-state index in [1.165, 1.54) is 10.7 Å². The maximum absolute atomic E-state index is 12.6. The van der Waals surface area contributed by atoms with Gasteiger partial charge < -0.3 is 20.1 Å². The SMILES string of the molecule is CCOC(=O)Nc1cccc(Cn2nc(-c3cccc(CC(=O)NCCCCNC(=O)OC(C)(C)C)c3)ccc2=O)c1. The van der Waals surface area contributed by atoms with E-state index in [0.717, 1.165) is 23.1 Å². The molecule has 0 unspecified atom stereocenters. The van der Waals surface area contributed by atoms with Crippen LogP contribution < -0.4 is 21.5 Å². The molecule has 11 nitrogen and oxygen atoms in total. The van der Waals surface area contributed by atoms with Crippen LogP contribution in [0, 0.1) is 0 Å². The second-order valence-electron chi connectivity index (χ2n) is 10.6. The number of nitrogens with one attached hydrogen (secondary N) is 3. The maximum Gasteiger partial charge on any atom is 0.411 e. The highest BCUT2D eigenvalue weighted by Gasteiger charge is 2.15. The lowest BCUT2D eigenvalue weighted by molar-refractivity contribution is -0.120. The third kappa shape index (κ3) is 11.1. The minimum atomic E-state index is -0.548. The van der Waals surface area contributed by atoms with Gasteiger partial charge in [0.15, 0.2) is 0 Å². The Kier molecular flexibility index (Phi) is 11.7. The van der Waals surface area contributed by atoms with Gasteiger partial charge in [0, 0.05) is 30.4 Å². The second kappa shape index (κ2) is 15.4. The predicted molar refractivity (Wildman–Crippen MR) is 160 cm³/mol. The van der Waals surface area contributed by atoms with E-state index in [0.29, 0.717) is 30.9 Å². The minimum Gasteiger partial charge on any atom is -0.450 e. The molecule has 11 heteroatoms. The van der Waals surface area contributed by atoms with Gasteiger partial charge in [-0.3, -0.25) is 14.9 Å². The summed E-state index contributed by atoms with van der Waals surface area (Å²) in [4.78, 5) is 48.5. The van der Waals surface area contributed by atoms with Crippen molar-refractivity contribution < 1.29 is 23.9 Å². The van der Waals surface area contributed by atoms with Gasteiger partial charge in [-0.25, -0.2) is 14.3 Å². The Hall–Kier alpha value is -4.67. The summed E-state index contributed by atoms with van der Waals surface area (Å²) in [5, 5.41) is 12.8. The fourth-order valence-electron chi connectivity index (χ4n) is 3.99. The first-order chi connectivity index (χ1) is 20.0. The summed E-state index contributed by atoms with van der Waals surface area (Å²) in [6, 6.07) is 17.7. The van der Waals surface area contributed by atoms with E-state index < -0.39 is 17.8 Å². The molecule has 0 aliphatic rings. The average Bonchev–Trinajstić information content (AvgIpc) is 2.91. The number of carbonyl (C=O) groups is 3. The van der Waals surface area contributed by atoms with Gasteiger partial charge in [0.2, 0.25) is 5.91 Å². The molecule has 1 aromatic heterocycles. The van der Waals surface area contributed by atoms with Crippen molar-refractivity contribution in [3.63, 3.8) is 0 Å². The standard InChI is InChI=1S/C31H39N5O6/c1-5-41-30(40)34-25-13-9-11-23(19-25)21-36-28(38)15-14-26(35-36)24-12-8-10-22(18-24)20-27(37)32-16-6-7-17-33-29(39)42-31(2,3)4/h8-15,18-19H,5-7,16-17,20-21H2,1-4H3,(H,32,37)(H,33,39)(H,34,40). The molecular formula is C31H39N5O6. The molecule has 0 fully saturated rings. The highest BCUT2D eigenvalue weighted by atomic mass is 16.6. The molecule has 3 aromatic rings. The summed E-state index contributed by atoms with van der Waals surface area (Å²) in [7, 11) is 0. The average molecular weight is 578 g/mol. The number of benzene rings is 2. The summed E-state index contributed by atoms with van der Waals surface area (Å²) in [6.45, 7) is 8.59. The Morgan fingerprint density at radius 2 is 1.60 bits per heavy atom. The Labute approximate surface area is 245 Å². The molecule has 3 N–H and O–H groups in total. The van der Waals surface area contributed by atoms with Crippen molar-refractivity contribution in [1.29, 1.82) is 0 Å². The van der Waals surface area contributed by atoms with Crippen molar-refractivity contribution in [2.45, 2.75) is 59.1 Å². The number of amides is 3. The molecule has 42 heavy (non-hydrogen) atoms. The Balaban J connectivity index is 1.54. The number of hydrogen-bond acceptors (Lipinski definition) is 7. The van der Waals surface area contributed by atoms with E-state index in [1.54, 1.807) is 31.2 Å². The van der Waals surface area contributed by atoms with Crippen molar-refractivity contribution in [2.75, 3.05) is 25.0 Å². The highest BCUT2D eigenvalue weighted by Crippen LogP contribution is 2.18. The summed E-state index contributed by atoms with van der Waals surface area (Å²) in [5.74, 6) is -0.110. The quantitative estimate of drug-likeness (QED) is 0.269. The van der Waals surface area contributed by atoms with Crippen LogP contribution in [0.5, 0.6) is 0 Å². The van der Waals surface area contributed by atoms with Crippen LogP contribution in [0.15, 0.2) is 65.5 Å². The molecule has 2 aromatic carbocycles. The Bertz CT molecular complexity index is 1430. The number of anilines is 1. The number of alkyl carbamates (subject to hydrolysis) is 1. The van der Waals surface area contributed by atoms with E-state index in [2.05, 4.69) is 21.0 Å². The van der Waals surface area contributed by atoms with Crippen molar-refractivity contribution in [3.8, 4) is 11.3 Å². The molecule has 0 atom stereocenters. The number of ether oxygens (including phenoxy) is 2. The van der Waals surface area contributed by atoms with E-state index in [-0.39, 0.29) is 31.0 Å². The van der Waals surface area contributed by atoms with Gasteiger partial charge in [-0.15, -0.1) is 0 Å². The zero-order valence-electron chi connectivity index (χ0n) is 24.6. The van der Waals surface area contributed by atoms with Crippen molar-refractivity contribution >= 4 is 23.8 Å². The van der Waals surface area contributed by atoms with E-state index in [4.69, 9.17) is 9.47 Å². The normalized spacial score (nSPS) is 11.0. The lowest BCUT2D eigenvalue weighted by atomic mass is 10.1. The van der Waals surface area contributed by atoms with Crippen molar-refractivity contribution in [1.82, 2.24) is 20.4 Å². The zero-order chi connectivity index (χ0) is 30.5. The van der Waals surface area contributed by atoms with Crippen LogP contribution in [0.4, 0.5) is 15.3 Å². The lowest BCUT2D eigenvalue weighted by Gasteiger charge is -2.19. The second-order valence-corrected chi connectivity index (χ2v) is 10.6. The smallest absolute Gasteiger partial charge is 0.411 e. The molecule has 3 rings (SSSR count). The van der Waals surface area contributed by atoms with Crippen molar-refractivity contribution in [3.05, 3.63) is 82.1 Å². The van der Waals surface area contributed by atoms with Gasteiger partial charge in [-0.1, -0.05) is 30.3 Å². The summed E-state index contributed by atoms with van der Waals surface area (Å²) >= 11 is 0. The molecule has 0 saturated heterocycles. The monoisotopic (exact) mass is 577 g/mol. The Morgan fingerprint density at radius 1 is 0.881 bits per heavy atom. The topological polar surface area (TPSA) is 141 Å². The van der Waals surface area contributed by atoms with Gasteiger partial charge in [0.25, 0.3) is 5.56 Å². The lowest BCUT2D eigenvalue weighted by Crippen LogP contribution is -2.33. The van der Waals surface area contributed by atoms with Gasteiger partial charge >= 0.3 is 12.2 Å². The van der Waals surface area contributed by atoms with Gasteiger partial charge in [0.1, 0.15) is 5.60 Å². The van der Waals surface area contributed by atoms with Crippen LogP contribution in [-0.4, -0.2) is 53.2 Å². The van der Waals surface area contributed by atoms with Crippen LogP contribution in [-0.2, 0) is 27.2 Å².